The minimum atomic E-state index is -0.172. The van der Waals surface area contributed by atoms with Crippen LogP contribution in [-0.2, 0) is 11.3 Å². The van der Waals surface area contributed by atoms with E-state index in [1.165, 1.54) is 0 Å². The van der Waals surface area contributed by atoms with Gasteiger partial charge in [0.05, 0.1) is 29.0 Å². The highest BCUT2D eigenvalue weighted by molar-refractivity contribution is 9.10. The number of nitrogens with two attached hydrogens (primary N) is 1. The van der Waals surface area contributed by atoms with E-state index in [2.05, 4.69) is 31.3 Å². The molecule has 7 heteroatoms. The van der Waals surface area contributed by atoms with Gasteiger partial charge in [-0.3, -0.25) is 9.48 Å². The largest absolute Gasteiger partial charge is 0.396 e. The molecule has 0 fully saturated rings. The molecular weight excluding hydrogens is 310 g/mol. The minimum absolute atomic E-state index is 0.125. The Kier molecular flexibility index (Phi) is 3.84. The number of nitrogens with one attached hydrogen (secondary N) is 1. The van der Waals surface area contributed by atoms with Gasteiger partial charge in [-0.15, -0.1) is 0 Å². The smallest absolute Gasteiger partial charge is 0.246 e. The quantitative estimate of drug-likeness (QED) is 0.844. The molecule has 0 aromatic carbocycles. The Hall–Kier alpha value is -1.89. The van der Waals surface area contributed by atoms with Crippen molar-refractivity contribution in [3.05, 3.63) is 34.3 Å². The van der Waals surface area contributed by atoms with E-state index in [1.807, 2.05) is 13.8 Å². The second kappa shape index (κ2) is 5.40. The van der Waals surface area contributed by atoms with E-state index in [0.29, 0.717) is 11.4 Å². The molecule has 19 heavy (non-hydrogen) atoms. The molecule has 2 aromatic rings. The lowest BCUT2D eigenvalue weighted by Gasteiger charge is -2.06. The number of pyridine rings is 1. The lowest BCUT2D eigenvalue weighted by molar-refractivity contribution is -0.116. The first kappa shape index (κ1) is 13.5. The lowest BCUT2D eigenvalue weighted by Crippen LogP contribution is -2.20. The van der Waals surface area contributed by atoms with Crippen molar-refractivity contribution >= 4 is 33.2 Å². The van der Waals surface area contributed by atoms with Crippen LogP contribution in [0.2, 0.25) is 0 Å². The van der Waals surface area contributed by atoms with E-state index in [0.717, 1.165) is 16.0 Å². The molecule has 2 heterocycles. The summed E-state index contributed by atoms with van der Waals surface area (Å²) in [7, 11) is 0. The Bertz CT molecular complexity index is 605. The van der Waals surface area contributed by atoms with E-state index in [4.69, 9.17) is 5.73 Å². The molecule has 0 bridgehead atoms. The third-order valence-corrected chi connectivity index (χ3v) is 3.21. The molecule has 1 amide bonds. The normalized spacial score (nSPS) is 10.5. The molecular formula is C12H14BrN5O. The number of carbonyl (C=O) groups is 1. The molecule has 2 rings (SSSR count). The van der Waals surface area contributed by atoms with Crippen LogP contribution in [0.1, 0.15) is 11.4 Å². The van der Waals surface area contributed by atoms with Crippen LogP contribution in [0.15, 0.2) is 22.9 Å². The second-order valence-corrected chi connectivity index (χ2v) is 4.97. The van der Waals surface area contributed by atoms with E-state index < -0.39 is 0 Å². The van der Waals surface area contributed by atoms with Gasteiger partial charge < -0.3 is 11.1 Å². The average Bonchev–Trinajstić information content (AvgIpc) is 2.60. The van der Waals surface area contributed by atoms with Crippen molar-refractivity contribution in [3.8, 4) is 0 Å². The number of amides is 1. The number of halogens is 1. The van der Waals surface area contributed by atoms with Gasteiger partial charge in [0.15, 0.2) is 0 Å². The van der Waals surface area contributed by atoms with Gasteiger partial charge in [-0.25, -0.2) is 4.98 Å². The number of nitrogens with zero attached hydrogens (tertiary/aromatic N) is 3. The lowest BCUT2D eigenvalue weighted by atomic mass is 10.3. The third kappa shape index (κ3) is 3.11. The van der Waals surface area contributed by atoms with Crippen LogP contribution in [0.25, 0.3) is 0 Å². The minimum Gasteiger partial charge on any atom is -0.396 e. The summed E-state index contributed by atoms with van der Waals surface area (Å²) in [4.78, 5) is 15.9. The number of nitrogen functional groups attached to an aromatic ring is 1. The molecule has 0 aliphatic heterocycles. The molecule has 3 N–H and O–H groups in total. The van der Waals surface area contributed by atoms with Crippen molar-refractivity contribution in [2.45, 2.75) is 20.4 Å². The zero-order valence-corrected chi connectivity index (χ0v) is 12.2. The number of anilines is 2. The summed E-state index contributed by atoms with van der Waals surface area (Å²) < 4.78 is 2.31. The van der Waals surface area contributed by atoms with E-state index in [-0.39, 0.29) is 12.5 Å². The Morgan fingerprint density at radius 3 is 2.74 bits per heavy atom. The summed E-state index contributed by atoms with van der Waals surface area (Å²) in [6, 6.07) is 3.53. The molecule has 6 nitrogen and oxygen atoms in total. The number of carbonyl (C=O) groups excluding carboxylic acids is 1. The summed E-state index contributed by atoms with van der Waals surface area (Å²) in [6.07, 6.45) is 1.58. The number of aromatic nitrogens is 3. The topological polar surface area (TPSA) is 85.8 Å². The van der Waals surface area contributed by atoms with Gasteiger partial charge in [0, 0.05) is 0 Å². The first-order valence-corrected chi connectivity index (χ1v) is 6.47. The van der Waals surface area contributed by atoms with Gasteiger partial charge in [0.25, 0.3) is 0 Å². The first-order chi connectivity index (χ1) is 8.97. The van der Waals surface area contributed by atoms with Crippen LogP contribution in [0.4, 0.5) is 11.4 Å². The maximum absolute atomic E-state index is 11.9. The van der Waals surface area contributed by atoms with Crippen molar-refractivity contribution in [3.63, 3.8) is 0 Å². The van der Waals surface area contributed by atoms with Gasteiger partial charge in [0.2, 0.25) is 5.91 Å². The zero-order valence-electron chi connectivity index (χ0n) is 10.6. The second-order valence-electron chi connectivity index (χ2n) is 4.16. The summed E-state index contributed by atoms with van der Waals surface area (Å²) in [5, 5.41) is 6.96. The van der Waals surface area contributed by atoms with Crippen molar-refractivity contribution in [1.82, 2.24) is 14.8 Å². The summed E-state index contributed by atoms with van der Waals surface area (Å²) in [6.45, 7) is 3.78. The van der Waals surface area contributed by atoms with Crippen LogP contribution in [0.3, 0.4) is 0 Å². The monoisotopic (exact) mass is 323 g/mol. The molecule has 0 unspecified atom stereocenters. The Morgan fingerprint density at radius 2 is 2.21 bits per heavy atom. The molecule has 0 atom stereocenters. The summed E-state index contributed by atoms with van der Waals surface area (Å²) >= 11 is 3.23. The third-order valence-electron chi connectivity index (χ3n) is 2.74. The van der Waals surface area contributed by atoms with Crippen molar-refractivity contribution in [2.24, 2.45) is 0 Å². The van der Waals surface area contributed by atoms with Gasteiger partial charge in [0.1, 0.15) is 11.1 Å². The van der Waals surface area contributed by atoms with Gasteiger partial charge in [-0.05, 0) is 41.9 Å². The predicted octanol–water partition coefficient (Wildman–Crippen LogP) is 1.88. The van der Waals surface area contributed by atoms with Crippen molar-refractivity contribution < 1.29 is 4.79 Å². The fourth-order valence-electron chi connectivity index (χ4n) is 1.65. The number of aryl methyl sites for hydroxylation is 1. The van der Waals surface area contributed by atoms with Crippen LogP contribution < -0.4 is 11.1 Å². The maximum atomic E-state index is 11.9. The maximum Gasteiger partial charge on any atom is 0.246 e. The number of hydrogen-bond donors (Lipinski definition) is 2. The first-order valence-electron chi connectivity index (χ1n) is 5.68. The number of hydrogen-bond acceptors (Lipinski definition) is 4. The molecule has 0 saturated carbocycles. The highest BCUT2D eigenvalue weighted by Gasteiger charge is 2.11. The van der Waals surface area contributed by atoms with Crippen molar-refractivity contribution in [1.29, 1.82) is 0 Å². The van der Waals surface area contributed by atoms with Crippen LogP contribution >= 0.6 is 15.9 Å². The van der Waals surface area contributed by atoms with Gasteiger partial charge in [-0.1, -0.05) is 0 Å². The molecule has 100 valence electrons. The number of rotatable bonds is 3. The highest BCUT2D eigenvalue weighted by atomic mass is 79.9. The molecule has 0 spiro atoms. The summed E-state index contributed by atoms with van der Waals surface area (Å²) in [5.41, 5.74) is 8.61. The molecule has 2 aromatic heterocycles. The Balaban J connectivity index is 2.05. The zero-order chi connectivity index (χ0) is 14.0. The fourth-order valence-corrected chi connectivity index (χ4v) is 1.89. The van der Waals surface area contributed by atoms with Gasteiger partial charge >= 0.3 is 0 Å². The Labute approximate surface area is 119 Å². The van der Waals surface area contributed by atoms with Gasteiger partial charge in [-0.2, -0.15) is 5.10 Å². The molecule has 0 aliphatic carbocycles. The van der Waals surface area contributed by atoms with Crippen molar-refractivity contribution in [2.75, 3.05) is 11.1 Å². The van der Waals surface area contributed by atoms with Crippen LogP contribution in [-0.4, -0.2) is 20.7 Å². The van der Waals surface area contributed by atoms with E-state index in [9.17, 15) is 4.79 Å². The highest BCUT2D eigenvalue weighted by Crippen LogP contribution is 2.15. The van der Waals surface area contributed by atoms with Crippen LogP contribution in [0, 0.1) is 13.8 Å². The summed E-state index contributed by atoms with van der Waals surface area (Å²) in [5.74, 6) is -0.172. The average molecular weight is 324 g/mol. The standard InChI is InChI=1S/C12H14BrN5O/c1-7-12(14)8(2)18(17-7)6-11(19)16-9-3-4-10(13)15-5-9/h3-5H,6,14H2,1-2H3,(H,16,19). The fraction of sp³-hybridized carbons (Fsp3) is 0.250. The van der Waals surface area contributed by atoms with E-state index in [1.54, 1.807) is 23.0 Å². The molecule has 0 aliphatic rings. The molecule has 0 saturated heterocycles. The van der Waals surface area contributed by atoms with E-state index >= 15 is 0 Å². The van der Waals surface area contributed by atoms with Crippen LogP contribution in [0.5, 0.6) is 0 Å². The Morgan fingerprint density at radius 1 is 1.47 bits per heavy atom. The molecule has 0 radical (unpaired) electrons. The predicted molar refractivity (Wildman–Crippen MR) is 76.7 cm³/mol. The SMILES string of the molecule is Cc1nn(CC(=O)Nc2ccc(Br)nc2)c(C)c1N.